The highest BCUT2D eigenvalue weighted by Crippen LogP contribution is 2.22. The maximum absolute atomic E-state index is 5.94. The third kappa shape index (κ3) is 4.06. The topological polar surface area (TPSA) is 47.6 Å². The summed E-state index contributed by atoms with van der Waals surface area (Å²) < 4.78 is 0. The minimum absolute atomic E-state index is 0.0920. The molecule has 0 saturated heterocycles. The average Bonchev–Trinajstić information content (AvgIpc) is 2.34. The van der Waals surface area contributed by atoms with E-state index >= 15 is 0 Å². The molecule has 3 nitrogen and oxygen atoms in total. The summed E-state index contributed by atoms with van der Waals surface area (Å²) in [7, 11) is 0. The van der Waals surface area contributed by atoms with E-state index in [1.807, 2.05) is 19.1 Å². The van der Waals surface area contributed by atoms with E-state index in [0.717, 1.165) is 12.0 Å². The Bertz CT molecular complexity index is 419. The fraction of sp³-hybridized carbons (Fsp3) is 0.533. The van der Waals surface area contributed by atoms with Gasteiger partial charge in [-0.3, -0.25) is 0 Å². The molecule has 0 fully saturated rings. The molecular weight excluding hydrogens is 224 g/mol. The second-order valence-corrected chi connectivity index (χ2v) is 5.63. The molecule has 0 aliphatic heterocycles. The molecule has 0 aliphatic rings. The summed E-state index contributed by atoms with van der Waals surface area (Å²) in [5, 5.41) is 3.98. The quantitative estimate of drug-likeness (QED) is 0.504. The van der Waals surface area contributed by atoms with Gasteiger partial charge in [-0.15, -0.1) is 0 Å². The minimum atomic E-state index is 0.0920. The first-order valence-corrected chi connectivity index (χ1v) is 6.44. The van der Waals surface area contributed by atoms with Crippen molar-refractivity contribution in [1.82, 2.24) is 0 Å². The van der Waals surface area contributed by atoms with E-state index in [4.69, 9.17) is 10.6 Å². The van der Waals surface area contributed by atoms with Gasteiger partial charge in [0.25, 0.3) is 0 Å². The van der Waals surface area contributed by atoms with Crippen LogP contribution in [0.3, 0.4) is 0 Å². The lowest BCUT2D eigenvalue weighted by atomic mass is 9.86. The molecule has 0 radical (unpaired) electrons. The van der Waals surface area contributed by atoms with E-state index in [1.165, 1.54) is 5.56 Å². The van der Waals surface area contributed by atoms with Crippen LogP contribution < -0.4 is 5.73 Å². The number of amidine groups is 1. The zero-order valence-electron chi connectivity index (χ0n) is 12.0. The Morgan fingerprint density at radius 1 is 1.39 bits per heavy atom. The summed E-state index contributed by atoms with van der Waals surface area (Å²) in [4.78, 5) is 5.30. The SMILES string of the molecule is CCC(C)O/N=C(\N)c1cccc(C(C)(C)C)c1. The van der Waals surface area contributed by atoms with E-state index in [9.17, 15) is 0 Å². The highest BCUT2D eigenvalue weighted by molar-refractivity contribution is 5.97. The highest BCUT2D eigenvalue weighted by Gasteiger charge is 2.14. The lowest BCUT2D eigenvalue weighted by Gasteiger charge is -2.19. The minimum Gasteiger partial charge on any atom is -0.391 e. The molecule has 1 atom stereocenters. The van der Waals surface area contributed by atoms with Gasteiger partial charge in [-0.05, 0) is 30.4 Å². The molecule has 2 N–H and O–H groups in total. The Hall–Kier alpha value is -1.51. The number of oxime groups is 1. The Kier molecular flexibility index (Phi) is 4.76. The first-order chi connectivity index (χ1) is 8.34. The summed E-state index contributed by atoms with van der Waals surface area (Å²) in [6.45, 7) is 10.6. The summed E-state index contributed by atoms with van der Waals surface area (Å²) >= 11 is 0. The Morgan fingerprint density at radius 2 is 2.06 bits per heavy atom. The number of hydrogen-bond acceptors (Lipinski definition) is 2. The van der Waals surface area contributed by atoms with Gasteiger partial charge in [0.2, 0.25) is 0 Å². The molecule has 1 aromatic carbocycles. The van der Waals surface area contributed by atoms with Crippen LogP contribution in [0, 0.1) is 0 Å². The standard InChI is InChI=1S/C15H24N2O/c1-6-11(2)18-17-14(16)12-8-7-9-13(10-12)15(3,4)5/h7-11H,6H2,1-5H3,(H2,16,17). The Labute approximate surface area is 110 Å². The zero-order valence-corrected chi connectivity index (χ0v) is 12.0. The first-order valence-electron chi connectivity index (χ1n) is 6.44. The van der Waals surface area contributed by atoms with Crippen LogP contribution in [-0.2, 0) is 10.3 Å². The van der Waals surface area contributed by atoms with Crippen LogP contribution in [0.15, 0.2) is 29.4 Å². The molecule has 0 amide bonds. The molecule has 1 aromatic rings. The van der Waals surface area contributed by atoms with Crippen molar-refractivity contribution in [2.75, 3.05) is 0 Å². The first kappa shape index (κ1) is 14.6. The molecule has 0 spiro atoms. The summed E-state index contributed by atoms with van der Waals surface area (Å²) in [6, 6.07) is 8.13. The van der Waals surface area contributed by atoms with Gasteiger partial charge in [0, 0.05) is 5.56 Å². The summed E-state index contributed by atoms with van der Waals surface area (Å²) in [5.74, 6) is 0.432. The molecule has 3 heteroatoms. The van der Waals surface area contributed by atoms with Crippen LogP contribution in [0.2, 0.25) is 0 Å². The number of rotatable bonds is 4. The van der Waals surface area contributed by atoms with Gasteiger partial charge >= 0.3 is 0 Å². The van der Waals surface area contributed by atoms with E-state index < -0.39 is 0 Å². The highest BCUT2D eigenvalue weighted by atomic mass is 16.6. The average molecular weight is 248 g/mol. The van der Waals surface area contributed by atoms with Gasteiger partial charge in [-0.2, -0.15) is 0 Å². The van der Waals surface area contributed by atoms with Crippen LogP contribution in [0.1, 0.15) is 52.2 Å². The van der Waals surface area contributed by atoms with Crippen molar-refractivity contribution in [3.8, 4) is 0 Å². The predicted octanol–water partition coefficient (Wildman–Crippen LogP) is 3.42. The maximum Gasteiger partial charge on any atom is 0.170 e. The summed E-state index contributed by atoms with van der Waals surface area (Å²) in [6.07, 6.45) is 1.01. The number of hydrogen-bond donors (Lipinski definition) is 1. The maximum atomic E-state index is 5.94. The fourth-order valence-corrected chi connectivity index (χ4v) is 1.42. The van der Waals surface area contributed by atoms with Crippen LogP contribution in [-0.4, -0.2) is 11.9 Å². The molecule has 0 aromatic heterocycles. The summed E-state index contributed by atoms with van der Waals surface area (Å²) in [5.41, 5.74) is 8.19. The Balaban J connectivity index is 2.90. The van der Waals surface area contributed by atoms with Crippen molar-refractivity contribution >= 4 is 5.84 Å². The third-order valence-corrected chi connectivity index (χ3v) is 2.93. The van der Waals surface area contributed by atoms with Gasteiger partial charge in [0.1, 0.15) is 6.10 Å². The van der Waals surface area contributed by atoms with Gasteiger partial charge in [-0.1, -0.05) is 51.0 Å². The normalized spacial score (nSPS) is 14.4. The van der Waals surface area contributed by atoms with E-state index in [1.54, 1.807) is 0 Å². The van der Waals surface area contributed by atoms with Crippen molar-refractivity contribution in [2.24, 2.45) is 10.9 Å². The zero-order chi connectivity index (χ0) is 13.8. The van der Waals surface area contributed by atoms with Crippen molar-refractivity contribution in [3.05, 3.63) is 35.4 Å². The van der Waals surface area contributed by atoms with Crippen LogP contribution in [0.25, 0.3) is 0 Å². The lowest BCUT2D eigenvalue weighted by molar-refractivity contribution is 0.0698. The lowest BCUT2D eigenvalue weighted by Crippen LogP contribution is -2.18. The van der Waals surface area contributed by atoms with Crippen LogP contribution in [0.5, 0.6) is 0 Å². The second kappa shape index (κ2) is 5.89. The van der Waals surface area contributed by atoms with Crippen LogP contribution in [0.4, 0.5) is 0 Å². The number of nitrogens with zero attached hydrogens (tertiary/aromatic N) is 1. The number of benzene rings is 1. The molecule has 0 aliphatic carbocycles. The van der Waals surface area contributed by atoms with E-state index in [-0.39, 0.29) is 11.5 Å². The van der Waals surface area contributed by atoms with Crippen molar-refractivity contribution in [3.63, 3.8) is 0 Å². The van der Waals surface area contributed by atoms with Crippen molar-refractivity contribution in [1.29, 1.82) is 0 Å². The van der Waals surface area contributed by atoms with Crippen molar-refractivity contribution in [2.45, 2.75) is 52.6 Å². The fourth-order valence-electron chi connectivity index (χ4n) is 1.42. The predicted molar refractivity (Wildman–Crippen MR) is 76.7 cm³/mol. The second-order valence-electron chi connectivity index (χ2n) is 5.63. The molecular formula is C15H24N2O. The molecule has 0 saturated carbocycles. The number of nitrogens with two attached hydrogens (primary N) is 1. The van der Waals surface area contributed by atoms with Crippen LogP contribution >= 0.6 is 0 Å². The van der Waals surface area contributed by atoms with E-state index in [2.05, 4.69) is 45.0 Å². The smallest absolute Gasteiger partial charge is 0.170 e. The van der Waals surface area contributed by atoms with Crippen molar-refractivity contribution < 1.29 is 4.84 Å². The monoisotopic (exact) mass is 248 g/mol. The van der Waals surface area contributed by atoms with Gasteiger partial charge in [-0.25, -0.2) is 0 Å². The van der Waals surface area contributed by atoms with Gasteiger partial charge in [0.05, 0.1) is 0 Å². The van der Waals surface area contributed by atoms with Gasteiger partial charge in [0.15, 0.2) is 5.84 Å². The molecule has 18 heavy (non-hydrogen) atoms. The molecule has 1 rings (SSSR count). The Morgan fingerprint density at radius 3 is 2.61 bits per heavy atom. The van der Waals surface area contributed by atoms with E-state index in [0.29, 0.717) is 5.84 Å². The largest absolute Gasteiger partial charge is 0.391 e. The van der Waals surface area contributed by atoms with Gasteiger partial charge < -0.3 is 10.6 Å². The molecule has 0 heterocycles. The molecule has 0 bridgehead atoms. The molecule has 1 unspecified atom stereocenters. The molecule has 100 valence electrons. The third-order valence-electron chi connectivity index (χ3n) is 2.93.